The van der Waals surface area contributed by atoms with Crippen molar-refractivity contribution >= 4 is 11.9 Å². The van der Waals surface area contributed by atoms with Crippen LogP contribution < -0.4 is 4.90 Å². The quantitative estimate of drug-likeness (QED) is 0.764. The first-order valence-corrected chi connectivity index (χ1v) is 6.51. The molecule has 0 unspecified atom stereocenters. The highest BCUT2D eigenvalue weighted by molar-refractivity contribution is 5.88. The van der Waals surface area contributed by atoms with E-state index >= 15 is 0 Å². The van der Waals surface area contributed by atoms with Crippen molar-refractivity contribution in [2.45, 2.75) is 25.9 Å². The van der Waals surface area contributed by atoms with Crippen molar-refractivity contribution < 1.29 is 14.3 Å². The van der Waals surface area contributed by atoms with E-state index < -0.39 is 0 Å². The van der Waals surface area contributed by atoms with Gasteiger partial charge in [0.05, 0.1) is 18.3 Å². The van der Waals surface area contributed by atoms with E-state index in [4.69, 9.17) is 9.47 Å². The summed E-state index contributed by atoms with van der Waals surface area (Å²) in [6.07, 6.45) is 5.31. The Balaban J connectivity index is 1.97. The standard InChI is InChI=1S/C13H19N3O3/c1-3-19-12(17)10-8-14-13(15-9-10)16-6-4-11(18-2)5-7-16/h8-9,11H,3-7H2,1-2H3. The first-order valence-electron chi connectivity index (χ1n) is 6.51. The van der Waals surface area contributed by atoms with E-state index in [2.05, 4.69) is 14.9 Å². The summed E-state index contributed by atoms with van der Waals surface area (Å²) in [4.78, 5) is 22.0. The van der Waals surface area contributed by atoms with E-state index in [1.165, 1.54) is 12.4 Å². The second-order valence-electron chi connectivity index (χ2n) is 4.41. The molecule has 0 radical (unpaired) electrons. The zero-order valence-electron chi connectivity index (χ0n) is 11.3. The average Bonchev–Trinajstić information content (AvgIpc) is 2.48. The molecule has 0 amide bonds. The molecule has 1 saturated heterocycles. The topological polar surface area (TPSA) is 64.5 Å². The van der Waals surface area contributed by atoms with Crippen LogP contribution in [0.2, 0.25) is 0 Å². The number of nitrogens with zero attached hydrogens (tertiary/aromatic N) is 3. The van der Waals surface area contributed by atoms with Gasteiger partial charge in [-0.3, -0.25) is 0 Å². The van der Waals surface area contributed by atoms with Crippen LogP contribution in [0.5, 0.6) is 0 Å². The number of anilines is 1. The maximum Gasteiger partial charge on any atom is 0.341 e. The highest BCUT2D eigenvalue weighted by Crippen LogP contribution is 2.17. The largest absolute Gasteiger partial charge is 0.462 e. The van der Waals surface area contributed by atoms with Gasteiger partial charge in [0, 0.05) is 32.6 Å². The van der Waals surface area contributed by atoms with E-state index in [0.29, 0.717) is 24.2 Å². The van der Waals surface area contributed by atoms with Crippen LogP contribution in [0.25, 0.3) is 0 Å². The fourth-order valence-electron chi connectivity index (χ4n) is 2.10. The van der Waals surface area contributed by atoms with Crippen molar-refractivity contribution in [2.75, 3.05) is 31.7 Å². The first-order chi connectivity index (χ1) is 9.24. The lowest BCUT2D eigenvalue weighted by molar-refractivity contribution is 0.0525. The predicted molar refractivity (Wildman–Crippen MR) is 70.2 cm³/mol. The third-order valence-corrected chi connectivity index (χ3v) is 3.21. The molecule has 0 atom stereocenters. The van der Waals surface area contributed by atoms with Gasteiger partial charge in [0.15, 0.2) is 0 Å². The Labute approximate surface area is 112 Å². The van der Waals surface area contributed by atoms with Gasteiger partial charge >= 0.3 is 5.97 Å². The number of ether oxygens (including phenoxy) is 2. The van der Waals surface area contributed by atoms with Crippen LogP contribution in [0, 0.1) is 0 Å². The molecule has 19 heavy (non-hydrogen) atoms. The second-order valence-corrected chi connectivity index (χ2v) is 4.41. The number of rotatable bonds is 4. The molecule has 0 aromatic carbocycles. The van der Waals surface area contributed by atoms with Crippen LogP contribution in [0.15, 0.2) is 12.4 Å². The first kappa shape index (κ1) is 13.7. The molecular weight excluding hydrogens is 246 g/mol. The normalized spacial score (nSPS) is 16.4. The minimum absolute atomic E-state index is 0.329. The van der Waals surface area contributed by atoms with Gasteiger partial charge in [-0.05, 0) is 19.8 Å². The van der Waals surface area contributed by atoms with Crippen LogP contribution in [-0.2, 0) is 9.47 Å². The number of hydrogen-bond donors (Lipinski definition) is 0. The van der Waals surface area contributed by atoms with Crippen LogP contribution in [0.3, 0.4) is 0 Å². The molecule has 1 aliphatic heterocycles. The van der Waals surface area contributed by atoms with Gasteiger partial charge in [0.2, 0.25) is 5.95 Å². The van der Waals surface area contributed by atoms with Crippen LogP contribution >= 0.6 is 0 Å². The van der Waals surface area contributed by atoms with Gasteiger partial charge in [-0.15, -0.1) is 0 Å². The number of methoxy groups -OCH3 is 1. The van der Waals surface area contributed by atoms with Crippen molar-refractivity contribution in [3.8, 4) is 0 Å². The minimum atomic E-state index is -0.382. The molecule has 1 aromatic rings. The van der Waals surface area contributed by atoms with Crippen molar-refractivity contribution in [3.05, 3.63) is 18.0 Å². The molecule has 104 valence electrons. The summed E-state index contributed by atoms with van der Waals surface area (Å²) in [6, 6.07) is 0. The number of hydrogen-bond acceptors (Lipinski definition) is 6. The third kappa shape index (κ3) is 3.41. The highest BCUT2D eigenvalue weighted by Gasteiger charge is 2.20. The Morgan fingerprint density at radius 3 is 2.53 bits per heavy atom. The number of esters is 1. The molecule has 6 nitrogen and oxygen atoms in total. The molecule has 1 aromatic heterocycles. The van der Waals surface area contributed by atoms with E-state index in [1.54, 1.807) is 14.0 Å². The number of aromatic nitrogens is 2. The highest BCUT2D eigenvalue weighted by atomic mass is 16.5. The fraction of sp³-hybridized carbons (Fsp3) is 0.615. The Hall–Kier alpha value is -1.69. The summed E-state index contributed by atoms with van der Waals surface area (Å²) >= 11 is 0. The molecular formula is C13H19N3O3. The van der Waals surface area contributed by atoms with Gasteiger partial charge in [-0.1, -0.05) is 0 Å². The van der Waals surface area contributed by atoms with E-state index in [9.17, 15) is 4.79 Å². The SMILES string of the molecule is CCOC(=O)c1cnc(N2CCC(OC)CC2)nc1. The number of piperidine rings is 1. The van der Waals surface area contributed by atoms with E-state index in [-0.39, 0.29) is 5.97 Å². The lowest BCUT2D eigenvalue weighted by Crippen LogP contribution is -2.37. The van der Waals surface area contributed by atoms with E-state index in [0.717, 1.165) is 25.9 Å². The smallest absolute Gasteiger partial charge is 0.341 e. The molecule has 0 N–H and O–H groups in total. The minimum Gasteiger partial charge on any atom is -0.462 e. The van der Waals surface area contributed by atoms with Gasteiger partial charge < -0.3 is 14.4 Å². The lowest BCUT2D eigenvalue weighted by atomic mass is 10.1. The Kier molecular flexibility index (Phi) is 4.68. The van der Waals surface area contributed by atoms with Gasteiger partial charge in [0.1, 0.15) is 0 Å². The van der Waals surface area contributed by atoms with E-state index in [1.807, 2.05) is 0 Å². The number of carbonyl (C=O) groups excluding carboxylic acids is 1. The summed E-state index contributed by atoms with van der Waals surface area (Å²) in [5.41, 5.74) is 0.386. The summed E-state index contributed by atoms with van der Waals surface area (Å²) in [5.74, 6) is 0.273. The molecule has 1 aliphatic rings. The third-order valence-electron chi connectivity index (χ3n) is 3.21. The van der Waals surface area contributed by atoms with Crippen LogP contribution in [0.1, 0.15) is 30.1 Å². The van der Waals surface area contributed by atoms with Crippen molar-refractivity contribution in [1.82, 2.24) is 9.97 Å². The fourth-order valence-corrected chi connectivity index (χ4v) is 2.10. The molecule has 0 aliphatic carbocycles. The second kappa shape index (κ2) is 6.47. The summed E-state index contributed by atoms with van der Waals surface area (Å²) < 4.78 is 10.2. The van der Waals surface area contributed by atoms with Crippen molar-refractivity contribution in [1.29, 1.82) is 0 Å². The van der Waals surface area contributed by atoms with Crippen LogP contribution in [-0.4, -0.2) is 48.8 Å². The van der Waals surface area contributed by atoms with Gasteiger partial charge in [0.25, 0.3) is 0 Å². The molecule has 2 heterocycles. The summed E-state index contributed by atoms with van der Waals surface area (Å²) in [5, 5.41) is 0. The maximum absolute atomic E-state index is 11.5. The van der Waals surface area contributed by atoms with Crippen LogP contribution in [0.4, 0.5) is 5.95 Å². The Bertz CT molecular complexity index is 414. The molecule has 0 saturated carbocycles. The van der Waals surface area contributed by atoms with Gasteiger partial charge in [-0.25, -0.2) is 14.8 Å². The van der Waals surface area contributed by atoms with Crippen molar-refractivity contribution in [2.24, 2.45) is 0 Å². The zero-order valence-corrected chi connectivity index (χ0v) is 11.3. The van der Waals surface area contributed by atoms with Crippen molar-refractivity contribution in [3.63, 3.8) is 0 Å². The number of carbonyl (C=O) groups is 1. The summed E-state index contributed by atoms with van der Waals surface area (Å²) in [7, 11) is 1.74. The summed E-state index contributed by atoms with van der Waals surface area (Å²) in [6.45, 7) is 3.87. The zero-order chi connectivity index (χ0) is 13.7. The maximum atomic E-state index is 11.5. The Morgan fingerprint density at radius 2 is 2.00 bits per heavy atom. The van der Waals surface area contributed by atoms with Gasteiger partial charge in [-0.2, -0.15) is 0 Å². The average molecular weight is 265 g/mol. The molecule has 2 rings (SSSR count). The lowest BCUT2D eigenvalue weighted by Gasteiger charge is -2.31. The molecule has 0 spiro atoms. The molecule has 1 fully saturated rings. The monoisotopic (exact) mass is 265 g/mol. The predicted octanol–water partition coefficient (Wildman–Crippen LogP) is 1.27. The molecule has 0 bridgehead atoms. The molecule has 6 heteroatoms. The Morgan fingerprint density at radius 1 is 1.37 bits per heavy atom.